The first-order valence-corrected chi connectivity index (χ1v) is 13.3. The fourth-order valence-corrected chi connectivity index (χ4v) is 5.11. The standard InChI is InChI=1S/C29H33N5O7/c30-20(14-18-16-31-21-10-5-4-9-19(18)21)28(39)34-12-6-11-24(34)27(38)32-22(15-25(35)36)26(37)33-23(29(40)41)13-17-7-2-1-3-8-17/h1-5,7-10,16,20,22-24,31H,6,11-15,30H2,(H,32,38)(H,33,37)(H,35,36)(H,40,41). The van der Waals surface area contributed by atoms with Crippen LogP contribution in [-0.4, -0.2) is 80.5 Å². The van der Waals surface area contributed by atoms with Crippen molar-refractivity contribution in [2.75, 3.05) is 6.54 Å². The van der Waals surface area contributed by atoms with Gasteiger partial charge >= 0.3 is 11.9 Å². The highest BCUT2D eigenvalue weighted by molar-refractivity contribution is 5.96. The largest absolute Gasteiger partial charge is 0.481 e. The van der Waals surface area contributed by atoms with Crippen molar-refractivity contribution >= 4 is 40.6 Å². The summed E-state index contributed by atoms with van der Waals surface area (Å²) in [5, 5.41) is 24.7. The first-order valence-electron chi connectivity index (χ1n) is 13.3. The Hall–Kier alpha value is -4.71. The average Bonchev–Trinajstić information content (AvgIpc) is 3.60. The number of aromatic nitrogens is 1. The second-order valence-electron chi connectivity index (χ2n) is 10.1. The topological polar surface area (TPSA) is 195 Å². The first kappa shape index (κ1) is 29.3. The van der Waals surface area contributed by atoms with Crippen LogP contribution in [0.5, 0.6) is 0 Å². The summed E-state index contributed by atoms with van der Waals surface area (Å²) in [7, 11) is 0. The maximum atomic E-state index is 13.3. The summed E-state index contributed by atoms with van der Waals surface area (Å²) in [4.78, 5) is 67.3. The Kier molecular flexibility index (Phi) is 9.35. The van der Waals surface area contributed by atoms with Crippen LogP contribution >= 0.6 is 0 Å². The van der Waals surface area contributed by atoms with E-state index >= 15 is 0 Å². The van der Waals surface area contributed by atoms with E-state index in [-0.39, 0.29) is 19.4 Å². The summed E-state index contributed by atoms with van der Waals surface area (Å²) < 4.78 is 0. The molecular formula is C29H33N5O7. The Morgan fingerprint density at radius 2 is 1.66 bits per heavy atom. The van der Waals surface area contributed by atoms with Crippen LogP contribution in [-0.2, 0) is 36.8 Å². The molecule has 1 aromatic heterocycles. The van der Waals surface area contributed by atoms with Crippen molar-refractivity contribution in [1.82, 2.24) is 20.5 Å². The molecule has 1 fully saturated rings. The summed E-state index contributed by atoms with van der Waals surface area (Å²) >= 11 is 0. The zero-order valence-electron chi connectivity index (χ0n) is 22.3. The second kappa shape index (κ2) is 13.1. The molecule has 3 aromatic rings. The molecule has 1 aliphatic heterocycles. The quantitative estimate of drug-likeness (QED) is 0.186. The molecule has 0 saturated carbocycles. The maximum absolute atomic E-state index is 13.3. The van der Waals surface area contributed by atoms with Gasteiger partial charge in [-0.05, 0) is 36.5 Å². The molecule has 0 radical (unpaired) electrons. The molecule has 3 amide bonds. The fourth-order valence-electron chi connectivity index (χ4n) is 5.11. The highest BCUT2D eigenvalue weighted by Gasteiger charge is 2.38. The van der Waals surface area contributed by atoms with Gasteiger partial charge in [0.2, 0.25) is 17.7 Å². The minimum absolute atomic E-state index is 0.0329. The van der Waals surface area contributed by atoms with Gasteiger partial charge in [0.1, 0.15) is 18.1 Å². The number of carboxylic acids is 2. The number of amides is 3. The number of nitrogens with zero attached hydrogens (tertiary/aromatic N) is 1. The van der Waals surface area contributed by atoms with E-state index in [0.717, 1.165) is 16.5 Å². The number of hydrogen-bond donors (Lipinski definition) is 6. The van der Waals surface area contributed by atoms with E-state index in [1.165, 1.54) is 4.90 Å². The van der Waals surface area contributed by atoms with Gasteiger partial charge < -0.3 is 36.5 Å². The molecule has 0 bridgehead atoms. The van der Waals surface area contributed by atoms with Gasteiger partial charge in [0.15, 0.2) is 0 Å². The van der Waals surface area contributed by atoms with Crippen LogP contribution in [0.15, 0.2) is 60.8 Å². The van der Waals surface area contributed by atoms with Gasteiger partial charge in [-0.15, -0.1) is 0 Å². The summed E-state index contributed by atoms with van der Waals surface area (Å²) in [6, 6.07) is 11.5. The number of aromatic amines is 1. The Morgan fingerprint density at radius 1 is 0.951 bits per heavy atom. The molecule has 0 spiro atoms. The third-order valence-electron chi connectivity index (χ3n) is 7.18. The van der Waals surface area contributed by atoms with E-state index in [4.69, 9.17) is 5.73 Å². The molecule has 0 aliphatic carbocycles. The molecule has 4 unspecified atom stereocenters. The van der Waals surface area contributed by atoms with Crippen LogP contribution in [0.3, 0.4) is 0 Å². The number of carboxylic acid groups (broad SMARTS) is 2. The Bertz CT molecular complexity index is 1420. The lowest BCUT2D eigenvalue weighted by atomic mass is 10.0. The zero-order chi connectivity index (χ0) is 29.5. The Morgan fingerprint density at radius 3 is 2.37 bits per heavy atom. The third kappa shape index (κ3) is 7.28. The minimum Gasteiger partial charge on any atom is -0.481 e. The number of aliphatic carboxylic acids is 2. The monoisotopic (exact) mass is 563 g/mol. The van der Waals surface area contributed by atoms with Crippen molar-refractivity contribution < 1.29 is 34.2 Å². The van der Waals surface area contributed by atoms with Crippen LogP contribution in [0, 0.1) is 0 Å². The number of fused-ring (bicyclic) bond motifs is 1. The lowest BCUT2D eigenvalue weighted by Crippen LogP contribution is -2.57. The SMILES string of the molecule is NC(Cc1c[nH]c2ccccc12)C(=O)N1CCCC1C(=O)NC(CC(=O)O)C(=O)NC(Cc1ccccc1)C(=O)O. The van der Waals surface area contributed by atoms with E-state index in [9.17, 15) is 34.2 Å². The molecule has 12 heteroatoms. The molecule has 4 rings (SSSR count). The molecule has 1 saturated heterocycles. The maximum Gasteiger partial charge on any atom is 0.326 e. The second-order valence-corrected chi connectivity index (χ2v) is 10.1. The number of para-hydroxylation sites is 1. The summed E-state index contributed by atoms with van der Waals surface area (Å²) in [6.45, 7) is 0.284. The van der Waals surface area contributed by atoms with Crippen LogP contribution in [0.4, 0.5) is 0 Å². The van der Waals surface area contributed by atoms with Crippen LogP contribution in [0.25, 0.3) is 10.9 Å². The number of H-pyrrole nitrogens is 1. The molecule has 1 aliphatic rings. The van der Waals surface area contributed by atoms with Crippen molar-refractivity contribution in [2.24, 2.45) is 5.73 Å². The van der Waals surface area contributed by atoms with Gasteiger partial charge in [-0.2, -0.15) is 0 Å². The lowest BCUT2D eigenvalue weighted by molar-refractivity contribution is -0.144. The van der Waals surface area contributed by atoms with Gasteiger partial charge in [-0.3, -0.25) is 19.2 Å². The number of carbonyl (C=O) groups is 5. The highest BCUT2D eigenvalue weighted by Crippen LogP contribution is 2.22. The van der Waals surface area contributed by atoms with Crippen LogP contribution < -0.4 is 16.4 Å². The predicted molar refractivity (Wildman–Crippen MR) is 149 cm³/mol. The fraction of sp³-hybridized carbons (Fsp3) is 0.345. The summed E-state index contributed by atoms with van der Waals surface area (Å²) in [5.41, 5.74) is 8.70. The summed E-state index contributed by atoms with van der Waals surface area (Å²) in [6.07, 6.45) is 2.08. The van der Waals surface area contributed by atoms with Crippen molar-refractivity contribution in [3.05, 3.63) is 71.9 Å². The first-order chi connectivity index (χ1) is 19.6. The number of rotatable bonds is 12. The Balaban J connectivity index is 1.42. The van der Waals surface area contributed by atoms with Gasteiger partial charge in [-0.25, -0.2) is 4.79 Å². The summed E-state index contributed by atoms with van der Waals surface area (Å²) in [5.74, 6) is -4.75. The molecule has 2 heterocycles. The third-order valence-corrected chi connectivity index (χ3v) is 7.18. The normalized spacial score (nSPS) is 17.0. The molecule has 2 aromatic carbocycles. The van der Waals surface area contributed by atoms with Gasteiger partial charge in [0, 0.05) is 30.1 Å². The number of benzene rings is 2. The van der Waals surface area contributed by atoms with E-state index < -0.39 is 60.2 Å². The zero-order valence-corrected chi connectivity index (χ0v) is 22.3. The number of nitrogens with two attached hydrogens (primary N) is 1. The van der Waals surface area contributed by atoms with E-state index in [0.29, 0.717) is 18.4 Å². The Labute approximate surface area is 235 Å². The smallest absolute Gasteiger partial charge is 0.326 e. The molecule has 12 nitrogen and oxygen atoms in total. The minimum atomic E-state index is -1.55. The van der Waals surface area contributed by atoms with Gasteiger partial charge in [-0.1, -0.05) is 48.5 Å². The molecule has 216 valence electrons. The van der Waals surface area contributed by atoms with E-state index in [1.807, 2.05) is 24.3 Å². The molecular weight excluding hydrogens is 530 g/mol. The molecule has 41 heavy (non-hydrogen) atoms. The van der Waals surface area contributed by atoms with Crippen molar-refractivity contribution in [2.45, 2.75) is 56.3 Å². The average molecular weight is 564 g/mol. The van der Waals surface area contributed by atoms with Crippen molar-refractivity contribution in [3.8, 4) is 0 Å². The lowest BCUT2D eigenvalue weighted by Gasteiger charge is -2.28. The van der Waals surface area contributed by atoms with Crippen LogP contribution in [0.1, 0.15) is 30.4 Å². The van der Waals surface area contributed by atoms with Crippen molar-refractivity contribution in [1.29, 1.82) is 0 Å². The van der Waals surface area contributed by atoms with Gasteiger partial charge in [0.05, 0.1) is 12.5 Å². The van der Waals surface area contributed by atoms with E-state index in [1.54, 1.807) is 36.5 Å². The van der Waals surface area contributed by atoms with E-state index in [2.05, 4.69) is 15.6 Å². The number of hydrogen-bond acceptors (Lipinski definition) is 6. The number of likely N-dealkylation sites (tertiary alicyclic amines) is 1. The molecule has 7 N–H and O–H groups in total. The highest BCUT2D eigenvalue weighted by atomic mass is 16.4. The van der Waals surface area contributed by atoms with Crippen LogP contribution in [0.2, 0.25) is 0 Å². The van der Waals surface area contributed by atoms with Crippen molar-refractivity contribution in [3.63, 3.8) is 0 Å². The predicted octanol–water partition coefficient (Wildman–Crippen LogP) is 0.800. The molecule has 4 atom stereocenters. The number of carbonyl (C=O) groups excluding carboxylic acids is 3. The number of nitrogens with one attached hydrogen (secondary N) is 3. The van der Waals surface area contributed by atoms with Gasteiger partial charge in [0.25, 0.3) is 0 Å².